The van der Waals surface area contributed by atoms with E-state index in [-0.39, 0.29) is 28.6 Å². The van der Waals surface area contributed by atoms with Crippen LogP contribution in [-0.2, 0) is 9.63 Å². The Hall–Kier alpha value is -3.68. The Bertz CT molecular complexity index is 981. The van der Waals surface area contributed by atoms with E-state index in [1.165, 1.54) is 24.3 Å². The van der Waals surface area contributed by atoms with Crippen LogP contribution in [0.25, 0.3) is 0 Å². The van der Waals surface area contributed by atoms with Crippen molar-refractivity contribution in [3.8, 4) is 0 Å². The van der Waals surface area contributed by atoms with Crippen molar-refractivity contribution in [2.45, 2.75) is 13.0 Å². The number of nitrogens with zero attached hydrogens (tertiary/aromatic N) is 2. The van der Waals surface area contributed by atoms with Gasteiger partial charge in [-0.25, -0.2) is 4.79 Å². The third kappa shape index (κ3) is 2.53. The SMILES string of the molecule is CC1C(=O)Nc2cc(C(=O)ON3C(=O)c4ccccc4C3=O)ccc2N1C. The van der Waals surface area contributed by atoms with Gasteiger partial charge in [-0.05, 0) is 37.3 Å². The second kappa shape index (κ2) is 5.94. The van der Waals surface area contributed by atoms with Gasteiger partial charge < -0.3 is 15.1 Å². The molecule has 2 aliphatic rings. The highest BCUT2D eigenvalue weighted by atomic mass is 16.7. The second-order valence-electron chi connectivity index (χ2n) is 6.34. The fourth-order valence-corrected chi connectivity index (χ4v) is 3.08. The second-order valence-corrected chi connectivity index (χ2v) is 6.34. The molecule has 2 aromatic carbocycles. The highest BCUT2D eigenvalue weighted by Gasteiger charge is 2.39. The summed E-state index contributed by atoms with van der Waals surface area (Å²) in [6, 6.07) is 10.5. The molecule has 1 atom stereocenters. The Kier molecular flexibility index (Phi) is 3.69. The van der Waals surface area contributed by atoms with Crippen molar-refractivity contribution in [2.24, 2.45) is 0 Å². The number of hydrogen-bond acceptors (Lipinski definition) is 6. The summed E-state index contributed by atoms with van der Waals surface area (Å²) in [5.74, 6) is -2.45. The lowest BCUT2D eigenvalue weighted by Gasteiger charge is -2.33. The smallest absolute Gasteiger partial charge is 0.361 e. The number of hydrogen-bond donors (Lipinski definition) is 1. The number of carbonyl (C=O) groups is 4. The van der Waals surface area contributed by atoms with Crippen molar-refractivity contribution >= 4 is 35.1 Å². The number of imide groups is 1. The van der Waals surface area contributed by atoms with Crippen molar-refractivity contribution in [3.05, 3.63) is 59.2 Å². The van der Waals surface area contributed by atoms with Gasteiger partial charge in [-0.3, -0.25) is 14.4 Å². The van der Waals surface area contributed by atoms with Crippen LogP contribution in [0, 0.1) is 0 Å². The van der Waals surface area contributed by atoms with E-state index in [0.29, 0.717) is 10.8 Å². The molecule has 1 unspecified atom stereocenters. The van der Waals surface area contributed by atoms with E-state index in [2.05, 4.69) is 5.32 Å². The first-order chi connectivity index (χ1) is 12.9. The Labute approximate surface area is 154 Å². The van der Waals surface area contributed by atoms with Gasteiger partial charge in [0.2, 0.25) is 5.91 Å². The Morgan fingerprint density at radius 2 is 1.67 bits per heavy atom. The summed E-state index contributed by atoms with van der Waals surface area (Å²) < 4.78 is 0. The molecule has 8 heteroatoms. The number of fused-ring (bicyclic) bond motifs is 2. The largest absolute Gasteiger partial charge is 0.364 e. The van der Waals surface area contributed by atoms with Gasteiger partial charge in [0.15, 0.2) is 0 Å². The number of hydroxylamine groups is 2. The third-order valence-electron chi connectivity index (χ3n) is 4.76. The normalized spacial score (nSPS) is 18.1. The quantitative estimate of drug-likeness (QED) is 0.816. The number of likely N-dealkylation sites (N-methyl/N-ethyl adjacent to an activating group) is 1. The molecule has 27 heavy (non-hydrogen) atoms. The molecular weight excluding hydrogens is 350 g/mol. The van der Waals surface area contributed by atoms with Crippen LogP contribution in [0.4, 0.5) is 11.4 Å². The van der Waals surface area contributed by atoms with Crippen molar-refractivity contribution in [3.63, 3.8) is 0 Å². The topological polar surface area (TPSA) is 96.0 Å². The maximum atomic E-state index is 12.5. The summed E-state index contributed by atoms with van der Waals surface area (Å²) in [7, 11) is 1.78. The minimum Gasteiger partial charge on any atom is -0.361 e. The number of amides is 3. The molecule has 0 aromatic heterocycles. The van der Waals surface area contributed by atoms with E-state index in [1.54, 1.807) is 37.1 Å². The third-order valence-corrected chi connectivity index (χ3v) is 4.76. The lowest BCUT2D eigenvalue weighted by atomic mass is 10.1. The van der Waals surface area contributed by atoms with Crippen LogP contribution in [0.2, 0.25) is 0 Å². The zero-order valence-corrected chi connectivity index (χ0v) is 14.6. The van der Waals surface area contributed by atoms with Gasteiger partial charge in [0, 0.05) is 7.05 Å². The van der Waals surface area contributed by atoms with E-state index in [4.69, 9.17) is 4.84 Å². The van der Waals surface area contributed by atoms with E-state index in [1.807, 2.05) is 0 Å². The summed E-state index contributed by atoms with van der Waals surface area (Å²) in [4.78, 5) is 55.8. The fourth-order valence-electron chi connectivity index (χ4n) is 3.08. The molecule has 0 spiro atoms. The predicted octanol–water partition coefficient (Wildman–Crippen LogP) is 1.83. The van der Waals surface area contributed by atoms with Gasteiger partial charge in [-0.1, -0.05) is 17.2 Å². The fraction of sp³-hybridized carbons (Fsp3) is 0.158. The first-order valence-corrected chi connectivity index (χ1v) is 8.26. The van der Waals surface area contributed by atoms with Crippen molar-refractivity contribution < 1.29 is 24.0 Å². The van der Waals surface area contributed by atoms with Gasteiger partial charge in [0.25, 0.3) is 11.8 Å². The van der Waals surface area contributed by atoms with Crippen LogP contribution in [0.5, 0.6) is 0 Å². The molecule has 2 heterocycles. The van der Waals surface area contributed by atoms with Gasteiger partial charge >= 0.3 is 5.97 Å². The van der Waals surface area contributed by atoms with Crippen LogP contribution in [0.15, 0.2) is 42.5 Å². The number of benzene rings is 2. The zero-order chi connectivity index (χ0) is 19.3. The molecular formula is C19H15N3O5. The molecule has 2 aromatic rings. The monoisotopic (exact) mass is 365 g/mol. The molecule has 0 saturated carbocycles. The molecule has 3 amide bonds. The van der Waals surface area contributed by atoms with Crippen LogP contribution in [-0.4, -0.2) is 41.8 Å². The maximum absolute atomic E-state index is 12.5. The minimum absolute atomic E-state index is 0.105. The summed E-state index contributed by atoms with van der Waals surface area (Å²) in [5.41, 5.74) is 1.68. The molecule has 8 nitrogen and oxygen atoms in total. The van der Waals surface area contributed by atoms with Crippen LogP contribution >= 0.6 is 0 Å². The summed E-state index contributed by atoms with van der Waals surface area (Å²) in [6.45, 7) is 1.77. The number of rotatable bonds is 2. The minimum atomic E-state index is -0.872. The number of carbonyl (C=O) groups excluding carboxylic acids is 4. The van der Waals surface area contributed by atoms with Gasteiger partial charge in [0.05, 0.1) is 28.1 Å². The van der Waals surface area contributed by atoms with Gasteiger partial charge in [0.1, 0.15) is 6.04 Å². The van der Waals surface area contributed by atoms with E-state index in [9.17, 15) is 19.2 Å². The summed E-state index contributed by atoms with van der Waals surface area (Å²) >= 11 is 0. The van der Waals surface area contributed by atoms with Crippen LogP contribution in [0.1, 0.15) is 38.0 Å². The van der Waals surface area contributed by atoms with E-state index >= 15 is 0 Å². The predicted molar refractivity (Wildman–Crippen MR) is 95.3 cm³/mol. The molecule has 2 aliphatic heterocycles. The number of nitrogens with one attached hydrogen (secondary N) is 1. The van der Waals surface area contributed by atoms with E-state index < -0.39 is 17.8 Å². The van der Waals surface area contributed by atoms with Crippen LogP contribution < -0.4 is 10.2 Å². The van der Waals surface area contributed by atoms with Gasteiger partial charge in [-0.2, -0.15) is 0 Å². The lowest BCUT2D eigenvalue weighted by molar-refractivity contribution is -0.117. The van der Waals surface area contributed by atoms with Crippen LogP contribution in [0.3, 0.4) is 0 Å². The first kappa shape index (κ1) is 16.8. The molecule has 0 saturated heterocycles. The number of anilines is 2. The average Bonchev–Trinajstić information content (AvgIpc) is 2.91. The van der Waals surface area contributed by atoms with Gasteiger partial charge in [-0.15, -0.1) is 0 Å². The van der Waals surface area contributed by atoms with E-state index in [0.717, 1.165) is 5.69 Å². The Morgan fingerprint density at radius 3 is 2.30 bits per heavy atom. The Balaban J connectivity index is 1.59. The zero-order valence-electron chi connectivity index (χ0n) is 14.6. The molecule has 1 N–H and O–H groups in total. The molecule has 0 bridgehead atoms. The first-order valence-electron chi connectivity index (χ1n) is 8.26. The molecule has 136 valence electrons. The maximum Gasteiger partial charge on any atom is 0.364 e. The molecule has 0 aliphatic carbocycles. The molecule has 0 fully saturated rings. The summed E-state index contributed by atoms with van der Waals surface area (Å²) in [6.07, 6.45) is 0. The highest BCUT2D eigenvalue weighted by Crippen LogP contribution is 2.32. The molecule has 0 radical (unpaired) electrons. The highest BCUT2D eigenvalue weighted by molar-refractivity contribution is 6.21. The van der Waals surface area contributed by atoms with Crippen molar-refractivity contribution in [1.29, 1.82) is 0 Å². The van der Waals surface area contributed by atoms with Crippen molar-refractivity contribution in [2.75, 3.05) is 17.3 Å². The standard InChI is InChI=1S/C19H15N3O5/c1-10-16(23)20-14-9-11(7-8-15(14)21(10)2)19(26)27-22-17(24)12-5-3-4-6-13(12)18(22)25/h3-10H,1-2H3,(H,20,23). The van der Waals surface area contributed by atoms with Crippen molar-refractivity contribution in [1.82, 2.24) is 5.06 Å². The molecule has 4 rings (SSSR count). The Morgan fingerprint density at radius 1 is 1.04 bits per heavy atom. The summed E-state index contributed by atoms with van der Waals surface area (Å²) in [5, 5.41) is 3.18. The average molecular weight is 365 g/mol. The lowest BCUT2D eigenvalue weighted by Crippen LogP contribution is -2.43.